The summed E-state index contributed by atoms with van der Waals surface area (Å²) in [5.41, 5.74) is 1.68. The number of rotatable bonds is 12. The molecule has 27 heavy (non-hydrogen) atoms. The Kier molecular flexibility index (Phi) is 11.5. The largest absolute Gasteiger partial charge is 0.447 e. The molecule has 0 aliphatic heterocycles. The minimum atomic E-state index is -0.666. The average Bonchev–Trinajstić information content (AvgIpc) is 2.64. The first-order chi connectivity index (χ1) is 13.1. The smallest absolute Gasteiger partial charge is 0.411 e. The Morgan fingerprint density at radius 1 is 0.852 bits per heavy atom. The Morgan fingerprint density at radius 2 is 1.41 bits per heavy atom. The zero-order chi connectivity index (χ0) is 19.9. The predicted octanol–water partition coefficient (Wildman–Crippen LogP) is 1.11. The van der Waals surface area contributed by atoms with Gasteiger partial charge in [-0.3, -0.25) is 10.6 Å². The number of amides is 2. The first kappa shape index (κ1) is 22.6. The number of anilines is 2. The number of hydrogen-bond donors (Lipinski definition) is 4. The third-order valence-electron chi connectivity index (χ3n) is 3.11. The van der Waals surface area contributed by atoms with Gasteiger partial charge in [-0.1, -0.05) is 6.07 Å². The fraction of sp³-hybridized carbons (Fsp3) is 0.529. The molecule has 0 aromatic heterocycles. The maximum Gasteiger partial charge on any atom is 0.411 e. The van der Waals surface area contributed by atoms with E-state index in [2.05, 4.69) is 10.6 Å². The zero-order valence-electron chi connectivity index (χ0n) is 15.2. The van der Waals surface area contributed by atoms with Crippen molar-refractivity contribution in [1.82, 2.24) is 0 Å². The lowest BCUT2D eigenvalue weighted by Gasteiger charge is -2.12. The summed E-state index contributed by atoms with van der Waals surface area (Å²) < 4.78 is 19.8. The summed E-state index contributed by atoms with van der Waals surface area (Å²) in [7, 11) is 0. The van der Waals surface area contributed by atoms with Gasteiger partial charge in [0.2, 0.25) is 0 Å². The van der Waals surface area contributed by atoms with Crippen molar-refractivity contribution in [2.75, 3.05) is 63.5 Å². The van der Waals surface area contributed by atoms with Gasteiger partial charge < -0.3 is 29.2 Å². The molecule has 0 saturated carbocycles. The molecule has 152 valence electrons. The summed E-state index contributed by atoms with van der Waals surface area (Å²) in [5.74, 6) is 0. The highest BCUT2D eigenvalue weighted by Gasteiger charge is 2.09. The van der Waals surface area contributed by atoms with Crippen molar-refractivity contribution >= 4 is 23.6 Å². The van der Waals surface area contributed by atoms with Crippen LogP contribution in [-0.4, -0.2) is 75.3 Å². The summed E-state index contributed by atoms with van der Waals surface area (Å²) in [5, 5.41) is 22.3. The standard InChI is InChI=1S/C17H26N2O8/c1-13-2-3-14(18-16(22)26-10-8-24-6-4-20)12-15(13)19-17(23)27-11-9-25-7-5-21/h2-3,12,20-21H,4-11H2,1H3,(H,18,22)(H,19,23). The summed E-state index contributed by atoms with van der Waals surface area (Å²) in [6, 6.07) is 4.96. The molecule has 10 heteroatoms. The molecule has 0 bridgehead atoms. The monoisotopic (exact) mass is 386 g/mol. The number of aliphatic hydroxyl groups is 2. The Bertz CT molecular complexity index is 582. The molecule has 0 radical (unpaired) electrons. The van der Waals surface area contributed by atoms with Gasteiger partial charge in [-0.05, 0) is 24.6 Å². The van der Waals surface area contributed by atoms with E-state index in [4.69, 9.17) is 29.2 Å². The van der Waals surface area contributed by atoms with Gasteiger partial charge in [0.05, 0.1) is 39.6 Å². The number of hydrogen-bond acceptors (Lipinski definition) is 8. The molecule has 0 saturated heterocycles. The van der Waals surface area contributed by atoms with Crippen LogP contribution >= 0.6 is 0 Å². The number of aliphatic hydroxyl groups excluding tert-OH is 2. The van der Waals surface area contributed by atoms with E-state index in [0.717, 1.165) is 5.56 Å². The van der Waals surface area contributed by atoms with Gasteiger partial charge in [0, 0.05) is 11.4 Å². The Morgan fingerprint density at radius 3 is 1.96 bits per heavy atom. The van der Waals surface area contributed by atoms with Crippen LogP contribution in [0, 0.1) is 6.92 Å². The Labute approximate surface area is 157 Å². The van der Waals surface area contributed by atoms with E-state index in [9.17, 15) is 9.59 Å². The molecule has 1 aromatic carbocycles. The lowest BCUT2D eigenvalue weighted by molar-refractivity contribution is 0.0571. The number of carbonyl (C=O) groups excluding carboxylic acids is 2. The number of ether oxygens (including phenoxy) is 4. The summed E-state index contributed by atoms with van der Waals surface area (Å²) in [4.78, 5) is 23.5. The molecule has 1 aromatic rings. The van der Waals surface area contributed by atoms with E-state index in [1.54, 1.807) is 25.1 Å². The van der Waals surface area contributed by atoms with Crippen LogP contribution in [0.4, 0.5) is 21.0 Å². The molecular formula is C17H26N2O8. The normalized spacial score (nSPS) is 10.3. The maximum atomic E-state index is 11.8. The molecule has 10 nitrogen and oxygen atoms in total. The van der Waals surface area contributed by atoms with Crippen LogP contribution in [0.25, 0.3) is 0 Å². The molecule has 0 spiro atoms. The summed E-state index contributed by atoms with van der Waals surface area (Å²) in [6.45, 7) is 2.43. The molecule has 2 amide bonds. The second-order valence-corrected chi connectivity index (χ2v) is 5.22. The SMILES string of the molecule is Cc1ccc(NC(=O)OCCOCCO)cc1NC(=O)OCCOCCO. The topological polar surface area (TPSA) is 136 Å². The minimum Gasteiger partial charge on any atom is -0.447 e. The van der Waals surface area contributed by atoms with Crippen LogP contribution in [0.5, 0.6) is 0 Å². The number of aryl methyl sites for hydroxylation is 1. The van der Waals surface area contributed by atoms with Crippen molar-refractivity contribution in [2.45, 2.75) is 6.92 Å². The number of carbonyl (C=O) groups is 2. The lowest BCUT2D eigenvalue weighted by atomic mass is 10.2. The van der Waals surface area contributed by atoms with Gasteiger partial charge in [0.15, 0.2) is 0 Å². The van der Waals surface area contributed by atoms with E-state index >= 15 is 0 Å². The molecule has 1 rings (SSSR count). The van der Waals surface area contributed by atoms with E-state index in [0.29, 0.717) is 11.4 Å². The summed E-state index contributed by atoms with van der Waals surface area (Å²) in [6.07, 6.45) is -1.33. The average molecular weight is 386 g/mol. The fourth-order valence-electron chi connectivity index (χ4n) is 1.85. The van der Waals surface area contributed by atoms with Crippen LogP contribution < -0.4 is 10.6 Å². The van der Waals surface area contributed by atoms with Crippen molar-refractivity contribution in [1.29, 1.82) is 0 Å². The molecule has 0 aliphatic carbocycles. The van der Waals surface area contributed by atoms with E-state index < -0.39 is 12.2 Å². The predicted molar refractivity (Wildman–Crippen MR) is 96.9 cm³/mol. The van der Waals surface area contributed by atoms with E-state index in [-0.39, 0.29) is 52.9 Å². The van der Waals surface area contributed by atoms with Crippen molar-refractivity contribution in [3.05, 3.63) is 23.8 Å². The van der Waals surface area contributed by atoms with Crippen LogP contribution in [0.15, 0.2) is 18.2 Å². The van der Waals surface area contributed by atoms with Crippen molar-refractivity contribution < 1.29 is 38.7 Å². The first-order valence-corrected chi connectivity index (χ1v) is 8.42. The molecule has 0 fully saturated rings. The zero-order valence-corrected chi connectivity index (χ0v) is 15.2. The molecule has 0 unspecified atom stereocenters. The molecular weight excluding hydrogens is 360 g/mol. The lowest BCUT2D eigenvalue weighted by Crippen LogP contribution is -2.19. The van der Waals surface area contributed by atoms with Gasteiger partial charge in [-0.2, -0.15) is 0 Å². The second-order valence-electron chi connectivity index (χ2n) is 5.22. The fourth-order valence-corrected chi connectivity index (χ4v) is 1.85. The second kappa shape index (κ2) is 13.8. The molecule has 0 atom stereocenters. The van der Waals surface area contributed by atoms with Gasteiger partial charge in [-0.25, -0.2) is 9.59 Å². The molecule has 0 aliphatic rings. The quantitative estimate of drug-likeness (QED) is 0.392. The highest BCUT2D eigenvalue weighted by molar-refractivity contribution is 5.89. The van der Waals surface area contributed by atoms with E-state index in [1.165, 1.54) is 0 Å². The third-order valence-corrected chi connectivity index (χ3v) is 3.11. The summed E-state index contributed by atoms with van der Waals surface area (Å²) >= 11 is 0. The Balaban J connectivity index is 2.42. The van der Waals surface area contributed by atoms with Crippen LogP contribution in [0.3, 0.4) is 0 Å². The first-order valence-electron chi connectivity index (χ1n) is 8.42. The maximum absolute atomic E-state index is 11.8. The van der Waals surface area contributed by atoms with E-state index in [1.807, 2.05) is 0 Å². The molecule has 4 N–H and O–H groups in total. The highest BCUT2D eigenvalue weighted by atomic mass is 16.6. The van der Waals surface area contributed by atoms with Crippen LogP contribution in [0.2, 0.25) is 0 Å². The number of benzene rings is 1. The van der Waals surface area contributed by atoms with Crippen molar-refractivity contribution in [2.24, 2.45) is 0 Å². The van der Waals surface area contributed by atoms with Crippen molar-refractivity contribution in [3.63, 3.8) is 0 Å². The van der Waals surface area contributed by atoms with Gasteiger partial charge in [0.1, 0.15) is 13.2 Å². The highest BCUT2D eigenvalue weighted by Crippen LogP contribution is 2.20. The minimum absolute atomic E-state index is 0.0491. The van der Waals surface area contributed by atoms with Gasteiger partial charge in [-0.15, -0.1) is 0 Å². The third kappa shape index (κ3) is 10.4. The number of nitrogens with one attached hydrogen (secondary N) is 2. The Hall–Kier alpha value is -2.40. The van der Waals surface area contributed by atoms with Crippen molar-refractivity contribution in [3.8, 4) is 0 Å². The molecule has 0 heterocycles. The van der Waals surface area contributed by atoms with Crippen LogP contribution in [-0.2, 0) is 18.9 Å². The van der Waals surface area contributed by atoms with Crippen LogP contribution in [0.1, 0.15) is 5.56 Å². The van der Waals surface area contributed by atoms with Gasteiger partial charge >= 0.3 is 12.2 Å². The van der Waals surface area contributed by atoms with Gasteiger partial charge in [0.25, 0.3) is 0 Å².